The summed E-state index contributed by atoms with van der Waals surface area (Å²) in [7, 11) is 0. The highest BCUT2D eigenvalue weighted by Crippen LogP contribution is 2.42. The molecule has 2 saturated heterocycles. The van der Waals surface area contributed by atoms with Crippen molar-refractivity contribution in [3.8, 4) is 0 Å². The van der Waals surface area contributed by atoms with Crippen molar-refractivity contribution in [1.82, 2.24) is 20.1 Å². The van der Waals surface area contributed by atoms with E-state index in [1.807, 2.05) is 0 Å². The minimum absolute atomic E-state index is 0.0722. The van der Waals surface area contributed by atoms with Gasteiger partial charge < -0.3 is 20.6 Å². The zero-order valence-corrected chi connectivity index (χ0v) is 34.9. The molecule has 322 valence electrons. The summed E-state index contributed by atoms with van der Waals surface area (Å²) >= 11 is 1.55. The van der Waals surface area contributed by atoms with Crippen molar-refractivity contribution >= 4 is 62.5 Å². The van der Waals surface area contributed by atoms with Crippen molar-refractivity contribution in [3.63, 3.8) is 0 Å². The molecule has 0 spiro atoms. The Kier molecular flexibility index (Phi) is 11.8. The van der Waals surface area contributed by atoms with Crippen LogP contribution in [0.15, 0.2) is 54.6 Å². The minimum Gasteiger partial charge on any atom is -0.386 e. The standard InChI is InChI=1S/C45H49F3N6O6S/c1-44(2,60)31-22-34-36(23-33(31)50-39(56)28-5-3-6-29(21-28)45(46,47)48)61-41(51-34)27-11-9-26(10-12-27)24-53-19-16-25(17-20-53)15-18-49-32-8-4-7-30-38(32)43(59)54(42(30)58)35-13-14-37(55)52-40(35)57/h3-8,21-23,25-27,35,49,60H,9-20,24H2,1-2H3,(H,50,56)(H,52,55,57)/t26-,27-,35?. The number of carbonyl (C=O) groups excluding carboxylic acids is 5. The van der Waals surface area contributed by atoms with E-state index in [9.17, 15) is 42.3 Å². The maximum absolute atomic E-state index is 13.4. The van der Waals surface area contributed by atoms with Crippen molar-refractivity contribution in [2.45, 2.75) is 95.4 Å². The highest BCUT2D eigenvalue weighted by atomic mass is 32.1. The number of hydrogen-bond acceptors (Lipinski definition) is 10. The Morgan fingerprint density at radius 1 is 0.902 bits per heavy atom. The van der Waals surface area contributed by atoms with Crippen molar-refractivity contribution in [2.24, 2.45) is 11.8 Å². The molecule has 1 unspecified atom stereocenters. The van der Waals surface area contributed by atoms with E-state index in [1.54, 1.807) is 55.5 Å². The predicted molar refractivity (Wildman–Crippen MR) is 224 cm³/mol. The number of aromatic nitrogens is 1. The fraction of sp³-hybridized carbons (Fsp3) is 0.467. The molecule has 1 atom stereocenters. The number of amides is 5. The fourth-order valence-electron chi connectivity index (χ4n) is 9.30. The van der Waals surface area contributed by atoms with Gasteiger partial charge in [0, 0.05) is 47.9 Å². The largest absolute Gasteiger partial charge is 0.416 e. The number of hydrogen-bond donors (Lipinski definition) is 4. The second-order valence-electron chi connectivity index (χ2n) is 17.4. The van der Waals surface area contributed by atoms with Crippen LogP contribution in [0.5, 0.6) is 0 Å². The number of rotatable bonds is 11. The van der Waals surface area contributed by atoms with Gasteiger partial charge in [0.15, 0.2) is 0 Å². The lowest BCUT2D eigenvalue weighted by molar-refractivity contribution is -0.138. The van der Waals surface area contributed by atoms with Crippen LogP contribution in [-0.2, 0) is 21.4 Å². The van der Waals surface area contributed by atoms with Crippen LogP contribution in [0.25, 0.3) is 10.2 Å². The molecule has 3 aliphatic heterocycles. The number of thiazole rings is 1. The number of piperidine rings is 2. The van der Waals surface area contributed by atoms with Gasteiger partial charge in [-0.2, -0.15) is 13.2 Å². The van der Waals surface area contributed by atoms with Gasteiger partial charge >= 0.3 is 6.18 Å². The Bertz CT molecular complexity index is 2380. The first-order valence-electron chi connectivity index (χ1n) is 21.0. The van der Waals surface area contributed by atoms with Gasteiger partial charge in [0.2, 0.25) is 11.8 Å². The smallest absolute Gasteiger partial charge is 0.386 e. The van der Waals surface area contributed by atoms with E-state index in [4.69, 9.17) is 4.98 Å². The monoisotopic (exact) mass is 858 g/mol. The Balaban J connectivity index is 0.811. The van der Waals surface area contributed by atoms with Gasteiger partial charge in [-0.05, 0) is 133 Å². The van der Waals surface area contributed by atoms with Crippen LogP contribution in [-0.4, -0.2) is 81.6 Å². The summed E-state index contributed by atoms with van der Waals surface area (Å²) < 4.78 is 40.8. The number of imide groups is 2. The maximum atomic E-state index is 13.4. The quantitative estimate of drug-likeness (QED) is 0.111. The molecule has 3 fully saturated rings. The number of carbonyl (C=O) groups is 5. The average molecular weight is 859 g/mol. The Labute approximate surface area is 355 Å². The summed E-state index contributed by atoms with van der Waals surface area (Å²) in [5, 5.41) is 20.4. The SMILES string of the molecule is CC(C)(O)c1cc2nc([C@H]3CC[C@H](CN4CCC(CCNc5cccc6c5C(=O)N(C5CCC(=O)NC5=O)C6=O)CC4)CC3)sc2cc1NC(=O)c1cccc(C(F)(F)F)c1. The normalized spacial score (nSPS) is 21.8. The van der Waals surface area contributed by atoms with E-state index in [2.05, 4.69) is 20.9 Å². The summed E-state index contributed by atoms with van der Waals surface area (Å²) in [6.45, 7) is 6.93. The van der Waals surface area contributed by atoms with Crippen LogP contribution in [0.1, 0.15) is 125 Å². The number of fused-ring (bicyclic) bond motifs is 2. The Morgan fingerprint density at radius 2 is 1.64 bits per heavy atom. The number of halogens is 3. The second-order valence-corrected chi connectivity index (χ2v) is 18.4. The molecule has 8 rings (SSSR count). The molecule has 4 aliphatic rings. The maximum Gasteiger partial charge on any atom is 0.416 e. The third kappa shape index (κ3) is 9.07. The third-order valence-electron chi connectivity index (χ3n) is 12.7. The van der Waals surface area contributed by atoms with E-state index in [1.165, 1.54) is 12.1 Å². The highest BCUT2D eigenvalue weighted by molar-refractivity contribution is 7.18. The molecule has 16 heteroatoms. The molecule has 3 aromatic carbocycles. The van der Waals surface area contributed by atoms with Crippen LogP contribution in [0.2, 0.25) is 0 Å². The van der Waals surface area contributed by atoms with E-state index in [0.29, 0.717) is 46.8 Å². The van der Waals surface area contributed by atoms with Crippen LogP contribution >= 0.6 is 11.3 Å². The lowest BCUT2D eigenvalue weighted by Gasteiger charge is -2.36. The molecular weight excluding hydrogens is 810 g/mol. The lowest BCUT2D eigenvalue weighted by Crippen LogP contribution is -2.54. The molecule has 1 aromatic heterocycles. The predicted octanol–water partition coefficient (Wildman–Crippen LogP) is 7.68. The molecule has 61 heavy (non-hydrogen) atoms. The molecule has 4 heterocycles. The number of alkyl halides is 3. The van der Waals surface area contributed by atoms with Gasteiger partial charge in [-0.15, -0.1) is 11.3 Å². The first-order valence-corrected chi connectivity index (χ1v) is 21.8. The van der Waals surface area contributed by atoms with E-state index in [0.717, 1.165) is 91.3 Å². The van der Waals surface area contributed by atoms with Gasteiger partial charge in [0.05, 0.1) is 37.5 Å². The first kappa shape index (κ1) is 42.5. The summed E-state index contributed by atoms with van der Waals surface area (Å²) in [5.74, 6) is -1.36. The molecule has 0 bridgehead atoms. The first-order chi connectivity index (χ1) is 29.0. The number of nitrogens with zero attached hydrogens (tertiary/aromatic N) is 3. The van der Waals surface area contributed by atoms with E-state index >= 15 is 0 Å². The van der Waals surface area contributed by atoms with Crippen molar-refractivity contribution in [1.29, 1.82) is 0 Å². The van der Waals surface area contributed by atoms with E-state index < -0.39 is 52.9 Å². The molecule has 1 saturated carbocycles. The van der Waals surface area contributed by atoms with Crippen LogP contribution < -0.4 is 16.0 Å². The molecule has 4 aromatic rings. The fourth-order valence-corrected chi connectivity index (χ4v) is 10.5. The van der Waals surface area contributed by atoms with Gasteiger partial charge in [-0.1, -0.05) is 12.1 Å². The van der Waals surface area contributed by atoms with Gasteiger partial charge in [-0.25, -0.2) is 4.98 Å². The highest BCUT2D eigenvalue weighted by Gasteiger charge is 2.45. The number of nitrogens with one attached hydrogen (secondary N) is 3. The van der Waals surface area contributed by atoms with Crippen LogP contribution in [0, 0.1) is 11.8 Å². The Morgan fingerprint density at radius 3 is 2.34 bits per heavy atom. The number of likely N-dealkylation sites (tertiary alicyclic amines) is 1. The number of benzene rings is 3. The molecule has 0 radical (unpaired) electrons. The zero-order valence-electron chi connectivity index (χ0n) is 34.1. The summed E-state index contributed by atoms with van der Waals surface area (Å²) in [6, 6.07) is 11.9. The summed E-state index contributed by atoms with van der Waals surface area (Å²) in [5.41, 5.74) is 0.186. The molecule has 5 amide bonds. The Hall–Kier alpha value is -5.19. The third-order valence-corrected chi connectivity index (χ3v) is 13.8. The van der Waals surface area contributed by atoms with Crippen molar-refractivity contribution in [2.75, 3.05) is 36.8 Å². The summed E-state index contributed by atoms with van der Waals surface area (Å²) in [4.78, 5) is 72.4. The summed E-state index contributed by atoms with van der Waals surface area (Å²) in [6.07, 6.45) is 2.86. The number of aliphatic hydroxyl groups is 1. The average Bonchev–Trinajstić information content (AvgIpc) is 3.75. The van der Waals surface area contributed by atoms with Crippen molar-refractivity contribution < 1.29 is 42.3 Å². The van der Waals surface area contributed by atoms with Crippen LogP contribution in [0.4, 0.5) is 24.5 Å². The van der Waals surface area contributed by atoms with Crippen molar-refractivity contribution in [3.05, 3.63) is 87.4 Å². The van der Waals surface area contributed by atoms with E-state index in [-0.39, 0.29) is 29.5 Å². The van der Waals surface area contributed by atoms with Gasteiger partial charge in [0.1, 0.15) is 6.04 Å². The van der Waals surface area contributed by atoms with Gasteiger partial charge in [-0.3, -0.25) is 34.2 Å². The zero-order chi connectivity index (χ0) is 43.2. The molecule has 1 aliphatic carbocycles. The topological polar surface area (TPSA) is 161 Å². The molecular formula is C45H49F3N6O6S. The van der Waals surface area contributed by atoms with Crippen LogP contribution in [0.3, 0.4) is 0 Å². The molecule has 4 N–H and O–H groups in total. The van der Waals surface area contributed by atoms with Gasteiger partial charge in [0.25, 0.3) is 17.7 Å². The number of anilines is 2. The minimum atomic E-state index is -4.58. The lowest BCUT2D eigenvalue weighted by atomic mass is 9.81. The second kappa shape index (κ2) is 16.9. The molecule has 12 nitrogen and oxygen atoms in total.